The highest BCUT2D eigenvalue weighted by atomic mass is 32.2. The van der Waals surface area contributed by atoms with Gasteiger partial charge in [0.15, 0.2) is 0 Å². The van der Waals surface area contributed by atoms with E-state index in [1.165, 1.54) is 11.8 Å². The average Bonchev–Trinajstić information content (AvgIpc) is 3.22. The lowest BCUT2D eigenvalue weighted by Gasteiger charge is -2.56. The molecule has 33 heavy (non-hydrogen) atoms. The van der Waals surface area contributed by atoms with Crippen molar-refractivity contribution >= 4 is 64.3 Å². The van der Waals surface area contributed by atoms with Crippen molar-refractivity contribution in [1.29, 1.82) is 0 Å². The van der Waals surface area contributed by atoms with E-state index in [0.29, 0.717) is 10.7 Å². The van der Waals surface area contributed by atoms with E-state index < -0.39 is 29.8 Å². The molecule has 0 aromatic carbocycles. The highest BCUT2D eigenvalue weighted by Crippen LogP contribution is 2.46. The van der Waals surface area contributed by atoms with Crippen molar-refractivity contribution in [2.24, 2.45) is 5.41 Å². The van der Waals surface area contributed by atoms with Gasteiger partial charge in [-0.25, -0.2) is 0 Å². The van der Waals surface area contributed by atoms with Gasteiger partial charge in [0.05, 0.1) is 16.9 Å². The Hall–Kier alpha value is -2.71. The van der Waals surface area contributed by atoms with Gasteiger partial charge < -0.3 is 24.4 Å². The molecule has 0 spiro atoms. The van der Waals surface area contributed by atoms with Crippen molar-refractivity contribution in [2.75, 3.05) is 23.0 Å². The summed E-state index contributed by atoms with van der Waals surface area (Å²) in [6, 6.07) is 3.07. The summed E-state index contributed by atoms with van der Waals surface area (Å²) in [5.41, 5.74) is -0.512. The Morgan fingerprint density at radius 1 is 1.42 bits per heavy atom. The van der Waals surface area contributed by atoms with Crippen LogP contribution >= 0.6 is 35.7 Å². The molecule has 11 nitrogen and oxygen atoms in total. The fourth-order valence-electron chi connectivity index (χ4n) is 3.72. The average molecular weight is 510 g/mol. The van der Waals surface area contributed by atoms with Crippen LogP contribution in [0.4, 0.5) is 5.69 Å². The van der Waals surface area contributed by atoms with Crippen molar-refractivity contribution in [3.63, 3.8) is 0 Å². The minimum Gasteiger partial charge on any atom is -0.481 e. The Kier molecular flexibility index (Phi) is 6.59. The van der Waals surface area contributed by atoms with Crippen LogP contribution in [0.3, 0.4) is 0 Å². The third kappa shape index (κ3) is 4.54. The molecule has 2 fully saturated rings. The highest BCUT2D eigenvalue weighted by Gasteiger charge is 2.59. The number of thiocarbonyl (C=S) groups is 1. The van der Waals surface area contributed by atoms with E-state index in [4.69, 9.17) is 21.7 Å². The molecule has 2 unspecified atom stereocenters. The van der Waals surface area contributed by atoms with E-state index in [2.05, 4.69) is 15.2 Å². The second-order valence-corrected chi connectivity index (χ2v) is 10.2. The largest absolute Gasteiger partial charge is 0.481 e. The van der Waals surface area contributed by atoms with Gasteiger partial charge in [-0.1, -0.05) is 24.0 Å². The number of carboxylic acids is 2. The number of β-lactam (4-membered cyclic amide) rings is 1. The molecule has 3 atom stereocenters. The molecule has 14 heteroatoms. The van der Waals surface area contributed by atoms with Crippen LogP contribution < -0.4 is 4.90 Å². The van der Waals surface area contributed by atoms with Gasteiger partial charge in [0.2, 0.25) is 11.8 Å². The molecular weight excluding hydrogens is 490 g/mol. The number of aromatic nitrogens is 3. The number of pyridine rings is 1. The molecule has 4 rings (SSSR count). The summed E-state index contributed by atoms with van der Waals surface area (Å²) in [6.45, 7) is 1.78. The number of aliphatic carboxylic acids is 2. The Morgan fingerprint density at radius 2 is 2.21 bits per heavy atom. The molecule has 0 aliphatic carbocycles. The number of fused-ring (bicyclic) bond motifs is 1. The number of hydrogen-bond donors (Lipinski definition) is 2. The molecule has 0 bridgehead atoms. The van der Waals surface area contributed by atoms with Gasteiger partial charge in [-0.15, -0.1) is 22.0 Å². The van der Waals surface area contributed by atoms with Crippen LogP contribution in [0.15, 0.2) is 34.2 Å². The maximum absolute atomic E-state index is 13.1. The zero-order chi connectivity index (χ0) is 23.8. The van der Waals surface area contributed by atoms with Gasteiger partial charge in [0.1, 0.15) is 23.3 Å². The van der Waals surface area contributed by atoms with Crippen LogP contribution in [-0.4, -0.2) is 82.6 Å². The van der Waals surface area contributed by atoms with Crippen molar-refractivity contribution in [1.82, 2.24) is 20.1 Å². The fourth-order valence-corrected chi connectivity index (χ4v) is 6.62. The molecular formula is C19H19N5O6S3. The van der Waals surface area contributed by atoms with Crippen molar-refractivity contribution in [2.45, 2.75) is 30.0 Å². The second kappa shape index (κ2) is 9.27. The predicted molar refractivity (Wildman–Crippen MR) is 123 cm³/mol. The first-order chi connectivity index (χ1) is 15.7. The van der Waals surface area contributed by atoms with E-state index in [0.717, 1.165) is 11.8 Å². The summed E-state index contributed by atoms with van der Waals surface area (Å²) < 4.78 is 5.27. The van der Waals surface area contributed by atoms with Crippen LogP contribution in [-0.2, 0) is 20.8 Å². The first-order valence-electron chi connectivity index (χ1n) is 9.74. The predicted octanol–water partition coefficient (Wildman–Crippen LogP) is 1.39. The number of carbonyl (C=O) groups is 3. The SMILES string of the molecule is CC(=S)N(c1cccnc1)C1C(=O)N2CC(CSc3nnc(CC(=O)O)o3)(C(=O)O)CS[C@H]12. The zero-order valence-corrected chi connectivity index (χ0v) is 19.7. The van der Waals surface area contributed by atoms with Crippen molar-refractivity contribution in [3.05, 3.63) is 30.4 Å². The number of carbonyl (C=O) groups excluding carboxylic acids is 1. The number of anilines is 1. The maximum atomic E-state index is 13.1. The first-order valence-corrected chi connectivity index (χ1v) is 12.2. The molecule has 0 radical (unpaired) electrons. The molecule has 0 saturated carbocycles. The normalized spacial score (nSPS) is 24.0. The number of thioether (sulfide) groups is 2. The standard InChI is InChI=1S/C19H19N5O6S3/c1-10(31)24(11-3-2-4-20-6-11)14-15(27)23-7-19(17(28)29,8-32-16(14)23)9-33-18-22-21-12(30-18)5-13(25)26/h2-4,6,14,16H,5,7-9H2,1H3,(H,25,26)(H,28,29)/t14?,16-,19?/m1/s1. The molecule has 174 valence electrons. The second-order valence-electron chi connectivity index (χ2n) is 7.62. The minimum atomic E-state index is -1.22. The van der Waals surface area contributed by atoms with Crippen LogP contribution in [0.1, 0.15) is 12.8 Å². The summed E-state index contributed by atoms with van der Waals surface area (Å²) in [5.74, 6) is -2.03. The summed E-state index contributed by atoms with van der Waals surface area (Å²) >= 11 is 7.82. The molecule has 2 aliphatic rings. The van der Waals surface area contributed by atoms with Crippen molar-refractivity contribution < 1.29 is 29.0 Å². The summed E-state index contributed by atoms with van der Waals surface area (Å²) in [6.07, 6.45) is 2.86. The Labute approximate surface area is 201 Å². The fraction of sp³-hybridized carbons (Fsp3) is 0.421. The molecule has 2 aliphatic heterocycles. The summed E-state index contributed by atoms with van der Waals surface area (Å²) in [5, 5.41) is 26.1. The Balaban J connectivity index is 1.47. The third-order valence-electron chi connectivity index (χ3n) is 5.33. The molecule has 2 N–H and O–H groups in total. The summed E-state index contributed by atoms with van der Waals surface area (Å²) in [7, 11) is 0. The maximum Gasteiger partial charge on any atom is 0.313 e. The van der Waals surface area contributed by atoms with Gasteiger partial charge in [0, 0.05) is 24.2 Å². The molecule has 2 saturated heterocycles. The van der Waals surface area contributed by atoms with E-state index in [1.54, 1.807) is 35.2 Å². The number of nitrogens with zero attached hydrogens (tertiary/aromatic N) is 5. The lowest BCUT2D eigenvalue weighted by Crippen LogP contribution is -2.74. The lowest BCUT2D eigenvalue weighted by molar-refractivity contribution is -0.155. The van der Waals surface area contributed by atoms with Gasteiger partial charge in [-0.3, -0.25) is 19.4 Å². The quantitative estimate of drug-likeness (QED) is 0.300. The van der Waals surface area contributed by atoms with Gasteiger partial charge in [0.25, 0.3) is 5.22 Å². The topological polar surface area (TPSA) is 150 Å². The number of amides is 1. The van der Waals surface area contributed by atoms with Crippen LogP contribution in [0.2, 0.25) is 0 Å². The van der Waals surface area contributed by atoms with Crippen LogP contribution in [0.25, 0.3) is 0 Å². The third-order valence-corrected chi connectivity index (χ3v) is 8.21. The molecule has 4 heterocycles. The van der Waals surface area contributed by atoms with Crippen LogP contribution in [0.5, 0.6) is 0 Å². The summed E-state index contributed by atoms with van der Waals surface area (Å²) in [4.78, 5) is 44.1. The zero-order valence-electron chi connectivity index (χ0n) is 17.3. The number of hydrogen-bond acceptors (Lipinski definition) is 10. The van der Waals surface area contributed by atoms with Gasteiger partial charge in [-0.2, -0.15) is 0 Å². The lowest BCUT2D eigenvalue weighted by atomic mass is 9.89. The smallest absolute Gasteiger partial charge is 0.313 e. The van der Waals surface area contributed by atoms with Gasteiger partial charge >= 0.3 is 11.9 Å². The molecule has 1 amide bonds. The monoisotopic (exact) mass is 509 g/mol. The Morgan fingerprint density at radius 3 is 2.85 bits per heavy atom. The van der Waals surface area contributed by atoms with E-state index >= 15 is 0 Å². The van der Waals surface area contributed by atoms with Gasteiger partial charge in [-0.05, 0) is 19.1 Å². The Bertz CT molecular complexity index is 1100. The molecule has 2 aromatic rings. The molecule has 2 aromatic heterocycles. The number of carboxylic acid groups (broad SMARTS) is 2. The first kappa shape index (κ1) is 23.4. The number of rotatable bonds is 8. The highest BCUT2D eigenvalue weighted by molar-refractivity contribution is 8.00. The van der Waals surface area contributed by atoms with E-state index in [9.17, 15) is 19.5 Å². The van der Waals surface area contributed by atoms with Crippen molar-refractivity contribution in [3.8, 4) is 0 Å². The van der Waals surface area contributed by atoms with Crippen LogP contribution in [0, 0.1) is 5.41 Å². The van der Waals surface area contributed by atoms with E-state index in [1.807, 2.05) is 6.07 Å². The van der Waals surface area contributed by atoms with E-state index in [-0.39, 0.29) is 40.4 Å². The minimum absolute atomic E-state index is 0.0375.